The molecule has 2 aliphatic rings. The van der Waals surface area contributed by atoms with Gasteiger partial charge in [-0.25, -0.2) is 9.97 Å². The molecule has 0 unspecified atom stereocenters. The van der Waals surface area contributed by atoms with Crippen molar-refractivity contribution in [3.63, 3.8) is 0 Å². The highest BCUT2D eigenvalue weighted by Gasteiger charge is 2.17. The van der Waals surface area contributed by atoms with Gasteiger partial charge in [-0.2, -0.15) is 0 Å². The molecule has 2 aromatic heterocycles. The molecule has 9 heteroatoms. The highest BCUT2D eigenvalue weighted by Crippen LogP contribution is 2.16. The monoisotopic (exact) mass is 397 g/mol. The Labute approximate surface area is 170 Å². The Morgan fingerprint density at radius 2 is 1.79 bits per heavy atom. The van der Waals surface area contributed by atoms with E-state index in [9.17, 15) is 4.79 Å². The molecule has 0 aliphatic carbocycles. The molecule has 0 aromatic carbocycles. The third kappa shape index (κ3) is 4.99. The van der Waals surface area contributed by atoms with Crippen molar-refractivity contribution in [1.29, 1.82) is 0 Å². The molecule has 0 atom stereocenters. The molecule has 4 rings (SSSR count). The highest BCUT2D eigenvalue weighted by molar-refractivity contribution is 5.93. The maximum absolute atomic E-state index is 12.6. The van der Waals surface area contributed by atoms with Gasteiger partial charge in [-0.1, -0.05) is 0 Å². The lowest BCUT2D eigenvalue weighted by molar-refractivity contribution is 0.0945. The SMILES string of the molecule is CN1CCN(c2nccc(CNC(=O)c3cc(N4CCOCC4)ccn3)n2)CC1. The lowest BCUT2D eigenvalue weighted by atomic mass is 10.2. The van der Waals surface area contributed by atoms with Gasteiger partial charge in [0.1, 0.15) is 5.69 Å². The van der Waals surface area contributed by atoms with E-state index in [1.54, 1.807) is 12.4 Å². The Morgan fingerprint density at radius 3 is 2.59 bits per heavy atom. The molecule has 2 saturated heterocycles. The molecule has 1 N–H and O–H groups in total. The zero-order chi connectivity index (χ0) is 20.1. The summed E-state index contributed by atoms with van der Waals surface area (Å²) in [6, 6.07) is 5.59. The highest BCUT2D eigenvalue weighted by atomic mass is 16.5. The van der Waals surface area contributed by atoms with Crippen molar-refractivity contribution in [2.45, 2.75) is 6.54 Å². The Balaban J connectivity index is 1.36. The van der Waals surface area contributed by atoms with Crippen molar-refractivity contribution in [3.8, 4) is 0 Å². The maximum atomic E-state index is 12.6. The van der Waals surface area contributed by atoms with Crippen molar-refractivity contribution < 1.29 is 9.53 Å². The molecule has 29 heavy (non-hydrogen) atoms. The van der Waals surface area contributed by atoms with Gasteiger partial charge < -0.3 is 24.8 Å². The number of nitrogens with one attached hydrogen (secondary N) is 1. The van der Waals surface area contributed by atoms with Crippen LogP contribution in [0.15, 0.2) is 30.6 Å². The summed E-state index contributed by atoms with van der Waals surface area (Å²) in [4.78, 5) is 32.5. The van der Waals surface area contributed by atoms with Gasteiger partial charge in [-0.05, 0) is 25.2 Å². The van der Waals surface area contributed by atoms with Crippen LogP contribution in [0.5, 0.6) is 0 Å². The summed E-state index contributed by atoms with van der Waals surface area (Å²) in [5, 5.41) is 2.92. The molecule has 9 nitrogen and oxygen atoms in total. The van der Waals surface area contributed by atoms with Crippen LogP contribution in [0.2, 0.25) is 0 Å². The standard InChI is InChI=1S/C20H27N7O2/c1-25-6-8-27(9-7-25)20-22-4-2-16(24-20)15-23-19(28)18-14-17(3-5-21-18)26-10-12-29-13-11-26/h2-5,14H,6-13,15H2,1H3,(H,23,28). The number of nitrogens with zero attached hydrogens (tertiary/aromatic N) is 6. The summed E-state index contributed by atoms with van der Waals surface area (Å²) in [6.45, 7) is 7.19. The number of amides is 1. The van der Waals surface area contributed by atoms with Crippen LogP contribution in [0.4, 0.5) is 11.6 Å². The first kappa shape index (κ1) is 19.5. The van der Waals surface area contributed by atoms with Gasteiger partial charge in [0.15, 0.2) is 0 Å². The van der Waals surface area contributed by atoms with Crippen LogP contribution < -0.4 is 15.1 Å². The van der Waals surface area contributed by atoms with Gasteiger partial charge in [0.05, 0.1) is 25.5 Å². The first-order chi connectivity index (χ1) is 14.2. The van der Waals surface area contributed by atoms with Crippen LogP contribution in [-0.4, -0.2) is 85.3 Å². The fourth-order valence-electron chi connectivity index (χ4n) is 3.47. The summed E-state index contributed by atoms with van der Waals surface area (Å²) < 4.78 is 5.39. The average Bonchev–Trinajstić information content (AvgIpc) is 2.79. The van der Waals surface area contributed by atoms with E-state index < -0.39 is 0 Å². The van der Waals surface area contributed by atoms with Gasteiger partial charge in [-0.3, -0.25) is 9.78 Å². The third-order valence-corrected chi connectivity index (χ3v) is 5.27. The number of hydrogen-bond acceptors (Lipinski definition) is 8. The molecule has 2 aliphatic heterocycles. The second kappa shape index (κ2) is 9.15. The number of piperazine rings is 1. The van der Waals surface area contributed by atoms with Crippen molar-refractivity contribution >= 4 is 17.5 Å². The molecular weight excluding hydrogens is 370 g/mol. The minimum atomic E-state index is -0.208. The summed E-state index contributed by atoms with van der Waals surface area (Å²) in [7, 11) is 2.12. The molecule has 0 spiro atoms. The van der Waals surface area contributed by atoms with Crippen LogP contribution in [0.1, 0.15) is 16.2 Å². The van der Waals surface area contributed by atoms with E-state index in [-0.39, 0.29) is 5.91 Å². The van der Waals surface area contributed by atoms with Gasteiger partial charge in [0.2, 0.25) is 5.95 Å². The molecule has 2 aromatic rings. The zero-order valence-corrected chi connectivity index (χ0v) is 16.8. The van der Waals surface area contributed by atoms with Crippen LogP contribution in [0.3, 0.4) is 0 Å². The number of ether oxygens (including phenoxy) is 1. The number of anilines is 2. The summed E-state index contributed by atoms with van der Waals surface area (Å²) in [5.74, 6) is 0.511. The predicted octanol–water partition coefficient (Wildman–Crippen LogP) is 0.390. The number of hydrogen-bond donors (Lipinski definition) is 1. The second-order valence-electron chi connectivity index (χ2n) is 7.32. The largest absolute Gasteiger partial charge is 0.378 e. The summed E-state index contributed by atoms with van der Waals surface area (Å²) in [5.41, 5.74) is 2.18. The molecule has 4 heterocycles. The van der Waals surface area contributed by atoms with Gasteiger partial charge in [0, 0.05) is 57.3 Å². The Hall–Kier alpha value is -2.78. The van der Waals surface area contributed by atoms with Crippen molar-refractivity contribution in [2.24, 2.45) is 0 Å². The second-order valence-corrected chi connectivity index (χ2v) is 7.32. The van der Waals surface area contributed by atoms with Crippen LogP contribution in [-0.2, 0) is 11.3 Å². The minimum absolute atomic E-state index is 0.208. The number of rotatable bonds is 5. The van der Waals surface area contributed by atoms with E-state index in [0.717, 1.165) is 56.6 Å². The van der Waals surface area contributed by atoms with Crippen molar-refractivity contribution in [1.82, 2.24) is 25.2 Å². The van der Waals surface area contributed by atoms with E-state index in [0.29, 0.717) is 25.5 Å². The van der Waals surface area contributed by atoms with E-state index >= 15 is 0 Å². The molecule has 0 bridgehead atoms. The zero-order valence-electron chi connectivity index (χ0n) is 16.8. The van der Waals surface area contributed by atoms with Crippen LogP contribution in [0.25, 0.3) is 0 Å². The normalized spacial score (nSPS) is 18.0. The van der Waals surface area contributed by atoms with Crippen molar-refractivity contribution in [3.05, 3.63) is 42.0 Å². The van der Waals surface area contributed by atoms with Gasteiger partial charge in [0.25, 0.3) is 5.91 Å². The Bertz CT molecular complexity index is 833. The Kier molecular flexibility index (Phi) is 6.16. The van der Waals surface area contributed by atoms with E-state index in [1.807, 2.05) is 18.2 Å². The third-order valence-electron chi connectivity index (χ3n) is 5.27. The number of carbonyl (C=O) groups is 1. The van der Waals surface area contributed by atoms with E-state index in [4.69, 9.17) is 4.74 Å². The average molecular weight is 397 g/mol. The van der Waals surface area contributed by atoms with E-state index in [2.05, 4.69) is 42.0 Å². The van der Waals surface area contributed by atoms with Gasteiger partial charge >= 0.3 is 0 Å². The number of morpholine rings is 1. The molecule has 1 amide bonds. The van der Waals surface area contributed by atoms with Crippen molar-refractivity contribution in [2.75, 3.05) is 69.3 Å². The first-order valence-electron chi connectivity index (χ1n) is 10.0. The number of aromatic nitrogens is 3. The maximum Gasteiger partial charge on any atom is 0.270 e. The molecular formula is C20H27N7O2. The van der Waals surface area contributed by atoms with Crippen LogP contribution >= 0.6 is 0 Å². The molecule has 0 saturated carbocycles. The van der Waals surface area contributed by atoms with Crippen LogP contribution in [0, 0.1) is 0 Å². The summed E-state index contributed by atoms with van der Waals surface area (Å²) in [6.07, 6.45) is 3.43. The number of likely N-dealkylation sites (N-methyl/N-ethyl adjacent to an activating group) is 1. The Morgan fingerprint density at radius 1 is 1.03 bits per heavy atom. The topological polar surface area (TPSA) is 86.7 Å². The fourth-order valence-corrected chi connectivity index (χ4v) is 3.47. The minimum Gasteiger partial charge on any atom is -0.378 e. The lowest BCUT2D eigenvalue weighted by Crippen LogP contribution is -2.45. The predicted molar refractivity (Wildman–Crippen MR) is 110 cm³/mol. The smallest absolute Gasteiger partial charge is 0.270 e. The van der Waals surface area contributed by atoms with E-state index in [1.165, 1.54) is 0 Å². The number of carbonyl (C=O) groups excluding carboxylic acids is 1. The molecule has 0 radical (unpaired) electrons. The molecule has 154 valence electrons. The van der Waals surface area contributed by atoms with Gasteiger partial charge in [-0.15, -0.1) is 0 Å². The summed E-state index contributed by atoms with van der Waals surface area (Å²) >= 11 is 0. The first-order valence-corrected chi connectivity index (χ1v) is 10.0. The lowest BCUT2D eigenvalue weighted by Gasteiger charge is -2.32. The number of pyridine rings is 1. The molecule has 2 fully saturated rings. The quantitative estimate of drug-likeness (QED) is 0.776. The fraction of sp³-hybridized carbons (Fsp3) is 0.500.